The number of nitrogens with zero attached hydrogens (tertiary/aromatic N) is 3. The van der Waals surface area contributed by atoms with Crippen molar-refractivity contribution in [2.24, 2.45) is 0 Å². The molecule has 4 aromatic rings. The summed E-state index contributed by atoms with van der Waals surface area (Å²) < 4.78 is 44.8. The Morgan fingerprint density at radius 1 is 1.11 bits per heavy atom. The van der Waals surface area contributed by atoms with E-state index in [0.29, 0.717) is 36.2 Å². The van der Waals surface area contributed by atoms with Gasteiger partial charge < -0.3 is 19.2 Å². The van der Waals surface area contributed by atoms with Gasteiger partial charge in [-0.3, -0.25) is 9.80 Å². The van der Waals surface area contributed by atoms with E-state index in [4.69, 9.17) is 9.47 Å². The number of aromatic amines is 1. The number of halogens is 2. The van der Waals surface area contributed by atoms with E-state index in [1.807, 2.05) is 44.8 Å². The van der Waals surface area contributed by atoms with Gasteiger partial charge >= 0.3 is 0 Å². The molecule has 230 valence electrons. The smallest absolute Gasteiger partial charge is 0.219 e. The van der Waals surface area contributed by atoms with Gasteiger partial charge in [0.1, 0.15) is 0 Å². The predicted molar refractivity (Wildman–Crippen MR) is 169 cm³/mol. The largest absolute Gasteiger partial charge is 0.433 e. The minimum absolute atomic E-state index is 0.0560. The van der Waals surface area contributed by atoms with Gasteiger partial charge in [-0.2, -0.15) is 0 Å². The molecule has 44 heavy (non-hydrogen) atoms. The van der Waals surface area contributed by atoms with Crippen LogP contribution in [0.4, 0.5) is 20.2 Å². The predicted octanol–water partition coefficient (Wildman–Crippen LogP) is 6.82. The van der Waals surface area contributed by atoms with Gasteiger partial charge in [-0.05, 0) is 76.1 Å². The Morgan fingerprint density at radius 2 is 1.89 bits per heavy atom. The number of anilines is 2. The molecule has 12 heteroatoms. The molecule has 6 rings (SSSR count). The second-order valence-corrected chi connectivity index (χ2v) is 12.0. The fourth-order valence-corrected chi connectivity index (χ4v) is 6.37. The van der Waals surface area contributed by atoms with Gasteiger partial charge in [-0.15, -0.1) is 0 Å². The van der Waals surface area contributed by atoms with Crippen LogP contribution in [0.25, 0.3) is 10.9 Å². The maximum Gasteiger partial charge on any atom is 0.219 e. The molecular weight excluding hydrogens is 586 g/mol. The third kappa shape index (κ3) is 5.77. The van der Waals surface area contributed by atoms with E-state index in [2.05, 4.69) is 37.4 Å². The average Bonchev–Trinajstić information content (AvgIpc) is 3.53. The van der Waals surface area contributed by atoms with E-state index in [1.165, 1.54) is 6.07 Å². The number of ether oxygens (including phenoxy) is 2. The molecule has 0 saturated carbocycles. The molecule has 1 saturated heterocycles. The second-order valence-electron chi connectivity index (χ2n) is 11.2. The van der Waals surface area contributed by atoms with Gasteiger partial charge in [0.05, 0.1) is 42.5 Å². The van der Waals surface area contributed by atoms with E-state index >= 15 is 0 Å². The van der Waals surface area contributed by atoms with Crippen molar-refractivity contribution in [1.82, 2.24) is 19.7 Å². The first-order valence-corrected chi connectivity index (χ1v) is 15.2. The molecule has 4 heterocycles. The number of hydrogen-bond donors (Lipinski definition) is 3. The van der Waals surface area contributed by atoms with Crippen LogP contribution in [0.3, 0.4) is 0 Å². The summed E-state index contributed by atoms with van der Waals surface area (Å²) in [6.07, 6.45) is 1.55. The molecular formula is C32H34F2N6O3S. The van der Waals surface area contributed by atoms with Crippen LogP contribution in [0, 0.1) is 25.5 Å². The lowest BCUT2D eigenvalue weighted by molar-refractivity contribution is 0.0442. The zero-order valence-corrected chi connectivity index (χ0v) is 25.9. The third-order valence-electron chi connectivity index (χ3n) is 7.94. The summed E-state index contributed by atoms with van der Waals surface area (Å²) in [5, 5.41) is 2.77. The Bertz CT molecular complexity index is 1760. The number of rotatable bonds is 8. The first-order valence-electron chi connectivity index (χ1n) is 14.4. The highest BCUT2D eigenvalue weighted by Crippen LogP contribution is 2.34. The number of carbonyl (C=O) groups is 1. The zero-order chi connectivity index (χ0) is 31.1. The number of hydrazine groups is 1. The highest BCUT2D eigenvalue weighted by molar-refractivity contribution is 7.98. The number of hydrogen-bond acceptors (Lipinski definition) is 9. The Balaban J connectivity index is 1.22. The number of Topliss-reactive ketones (excluding diaryl/α,β-unsaturated/α-hetero) is 1. The van der Waals surface area contributed by atoms with Crippen LogP contribution in [-0.2, 0) is 4.74 Å². The van der Waals surface area contributed by atoms with Crippen LogP contribution in [-0.4, -0.2) is 51.9 Å². The lowest BCUT2D eigenvalue weighted by Crippen LogP contribution is -2.39. The summed E-state index contributed by atoms with van der Waals surface area (Å²) in [4.78, 5) is 21.5. The molecule has 0 radical (unpaired) electrons. The van der Waals surface area contributed by atoms with Crippen LogP contribution in [0.2, 0.25) is 0 Å². The number of morpholine rings is 1. The fourth-order valence-electron chi connectivity index (χ4n) is 5.52. The number of aryl methyl sites for hydroxylation is 2. The summed E-state index contributed by atoms with van der Waals surface area (Å²) in [7, 11) is 0. The number of ketones is 1. The van der Waals surface area contributed by atoms with E-state index in [0.717, 1.165) is 52.1 Å². The number of carbonyl (C=O) groups excluding carboxylic acids is 1. The van der Waals surface area contributed by atoms with Crippen LogP contribution >= 0.6 is 12.1 Å². The molecule has 2 aliphatic rings. The van der Waals surface area contributed by atoms with Gasteiger partial charge in [0, 0.05) is 53.0 Å². The minimum Gasteiger partial charge on any atom is -0.433 e. The molecule has 3 N–H and O–H groups in total. The summed E-state index contributed by atoms with van der Waals surface area (Å²) in [5.74, 6) is -2.19. The van der Waals surface area contributed by atoms with Crippen molar-refractivity contribution in [3.05, 3.63) is 88.4 Å². The molecule has 0 aliphatic carbocycles. The fraction of sp³-hybridized carbons (Fsp3) is 0.312. The topological polar surface area (TPSA) is 94.8 Å². The number of pyridine rings is 1. The highest BCUT2D eigenvalue weighted by atomic mass is 32.2. The van der Waals surface area contributed by atoms with E-state index in [9.17, 15) is 13.6 Å². The number of benzene rings is 2. The van der Waals surface area contributed by atoms with Gasteiger partial charge in [0.15, 0.2) is 11.6 Å². The van der Waals surface area contributed by atoms with Gasteiger partial charge in [-0.1, -0.05) is 6.07 Å². The summed E-state index contributed by atoms with van der Waals surface area (Å²) in [5.41, 5.74) is 9.56. The normalized spacial score (nSPS) is 19.2. The van der Waals surface area contributed by atoms with Crippen LogP contribution in [0.5, 0.6) is 11.6 Å². The molecule has 2 aromatic carbocycles. The SMILES string of the molecule is CC1=C(C(=O)c2cc3cc(C)c(NSN4CCOC[C@H]4C)cc3[nH]2)C(C)NN1c1cnc(Oc2c(F)cccc2F)cc1C. The highest BCUT2D eigenvalue weighted by Gasteiger charge is 2.33. The Kier molecular flexibility index (Phi) is 8.34. The average molecular weight is 621 g/mol. The van der Waals surface area contributed by atoms with E-state index in [-0.39, 0.29) is 17.7 Å². The first-order chi connectivity index (χ1) is 21.1. The van der Waals surface area contributed by atoms with Crippen molar-refractivity contribution in [3.63, 3.8) is 0 Å². The summed E-state index contributed by atoms with van der Waals surface area (Å²) in [6, 6.07) is 11.2. The van der Waals surface area contributed by atoms with Crippen molar-refractivity contribution in [2.45, 2.75) is 46.7 Å². The quantitative estimate of drug-likeness (QED) is 0.145. The molecule has 0 bridgehead atoms. The summed E-state index contributed by atoms with van der Waals surface area (Å²) >= 11 is 1.57. The monoisotopic (exact) mass is 620 g/mol. The Morgan fingerprint density at radius 3 is 2.61 bits per heavy atom. The molecule has 2 atom stereocenters. The number of allylic oxidation sites excluding steroid dienone is 1. The second kappa shape index (κ2) is 12.2. The Labute approximate surface area is 258 Å². The van der Waals surface area contributed by atoms with Crippen molar-refractivity contribution in [1.29, 1.82) is 0 Å². The maximum atomic E-state index is 14.1. The minimum atomic E-state index is -0.813. The number of H-pyrrole nitrogens is 1. The molecule has 2 aromatic heterocycles. The number of para-hydroxylation sites is 1. The molecule has 0 amide bonds. The summed E-state index contributed by atoms with van der Waals surface area (Å²) in [6.45, 7) is 12.1. The molecule has 9 nitrogen and oxygen atoms in total. The molecule has 1 fully saturated rings. The third-order valence-corrected chi connectivity index (χ3v) is 9.03. The van der Waals surface area contributed by atoms with E-state index in [1.54, 1.807) is 24.4 Å². The first kappa shape index (κ1) is 30.1. The number of nitrogens with one attached hydrogen (secondary N) is 3. The lowest BCUT2D eigenvalue weighted by atomic mass is 10.0. The van der Waals surface area contributed by atoms with E-state index < -0.39 is 17.4 Å². The number of fused-ring (bicyclic) bond motifs is 1. The standard InChI is InChI=1S/C32H34F2N6O3S/c1-17-11-22-13-27(36-26(22)14-25(17)38-44-39-9-10-42-16-19(39)3)31(41)30-20(4)37-40(21(30)5)28-15-35-29(12-18(28)2)43-32-23(33)7-6-8-24(32)34/h6-8,11-15,19-20,36-38H,9-10,16H2,1-5H3/t19-,20?/m1/s1. The van der Waals surface area contributed by atoms with Gasteiger partial charge in [0.25, 0.3) is 0 Å². The molecule has 2 aliphatic heterocycles. The van der Waals surface area contributed by atoms with Crippen LogP contribution in [0.15, 0.2) is 59.9 Å². The van der Waals surface area contributed by atoms with Crippen molar-refractivity contribution in [3.8, 4) is 11.6 Å². The molecule has 1 unspecified atom stereocenters. The van der Waals surface area contributed by atoms with Crippen molar-refractivity contribution >= 4 is 40.2 Å². The zero-order valence-electron chi connectivity index (χ0n) is 25.1. The Hall–Kier alpha value is -3.97. The van der Waals surface area contributed by atoms with Crippen molar-refractivity contribution in [2.75, 3.05) is 29.5 Å². The number of aromatic nitrogens is 2. The van der Waals surface area contributed by atoms with Gasteiger partial charge in [0.2, 0.25) is 17.4 Å². The van der Waals surface area contributed by atoms with Gasteiger partial charge in [-0.25, -0.2) is 23.5 Å². The van der Waals surface area contributed by atoms with Crippen LogP contribution in [0.1, 0.15) is 42.4 Å². The van der Waals surface area contributed by atoms with Crippen molar-refractivity contribution < 1.29 is 23.0 Å². The molecule has 0 spiro atoms. The van der Waals surface area contributed by atoms with Crippen LogP contribution < -0.4 is 19.9 Å². The maximum absolute atomic E-state index is 14.1. The lowest BCUT2D eigenvalue weighted by Gasteiger charge is -2.31.